The van der Waals surface area contributed by atoms with Crippen molar-refractivity contribution in [3.05, 3.63) is 24.0 Å². The molecule has 0 fully saturated rings. The number of carbonyl (C=O) groups excluding carboxylic acids is 1. The Labute approximate surface area is 72.0 Å². The van der Waals surface area contributed by atoms with Crippen LogP contribution in [0.25, 0.3) is 0 Å². The zero-order chi connectivity index (χ0) is 9.19. The van der Waals surface area contributed by atoms with Gasteiger partial charge in [-0.25, -0.2) is 0 Å². The summed E-state index contributed by atoms with van der Waals surface area (Å²) >= 11 is 0. The van der Waals surface area contributed by atoms with Gasteiger partial charge in [0.15, 0.2) is 0 Å². The van der Waals surface area contributed by atoms with Crippen LogP contribution in [0.5, 0.6) is 0 Å². The van der Waals surface area contributed by atoms with Crippen LogP contribution in [0.4, 0.5) is 0 Å². The second kappa shape index (κ2) is 3.01. The Kier molecular flexibility index (Phi) is 2.22. The number of nitrogens with one attached hydrogen (secondary N) is 1. The van der Waals surface area contributed by atoms with Crippen molar-refractivity contribution in [3.63, 3.8) is 0 Å². The van der Waals surface area contributed by atoms with Gasteiger partial charge in [-0.3, -0.25) is 4.79 Å². The lowest BCUT2D eigenvalue weighted by molar-refractivity contribution is -0.123. The van der Waals surface area contributed by atoms with Crippen LogP contribution in [0.1, 0.15) is 25.8 Å². The van der Waals surface area contributed by atoms with Crippen molar-refractivity contribution < 1.29 is 4.79 Å². The molecule has 1 heterocycles. The maximum Gasteiger partial charge on any atom is 0.227 e. The number of aromatic amines is 1. The number of carbonyl (C=O) groups is 1. The molecule has 0 aromatic carbocycles. The number of H-pyrrole nitrogens is 1. The maximum atomic E-state index is 11.2. The minimum atomic E-state index is -0.528. The minimum absolute atomic E-state index is 0.274. The Hall–Kier alpha value is -1.25. The molecule has 1 aromatic heterocycles. The quantitative estimate of drug-likeness (QED) is 0.695. The van der Waals surface area contributed by atoms with E-state index in [1.54, 1.807) is 6.20 Å². The molecule has 0 spiro atoms. The smallest absolute Gasteiger partial charge is 0.227 e. The van der Waals surface area contributed by atoms with E-state index in [0.717, 1.165) is 12.0 Å². The highest BCUT2D eigenvalue weighted by atomic mass is 16.1. The van der Waals surface area contributed by atoms with Crippen LogP contribution in [0.2, 0.25) is 0 Å². The van der Waals surface area contributed by atoms with Gasteiger partial charge < -0.3 is 10.7 Å². The molecule has 66 valence electrons. The van der Waals surface area contributed by atoms with Crippen molar-refractivity contribution >= 4 is 5.91 Å². The molecule has 0 aliphatic heterocycles. The van der Waals surface area contributed by atoms with Crippen LogP contribution in [0.15, 0.2) is 18.5 Å². The lowest BCUT2D eigenvalue weighted by Crippen LogP contribution is -2.37. The molecule has 0 aliphatic carbocycles. The van der Waals surface area contributed by atoms with Crippen molar-refractivity contribution in [2.75, 3.05) is 0 Å². The molecule has 3 nitrogen and oxygen atoms in total. The van der Waals surface area contributed by atoms with Crippen LogP contribution in [-0.2, 0) is 10.2 Å². The van der Waals surface area contributed by atoms with Gasteiger partial charge in [-0.15, -0.1) is 0 Å². The van der Waals surface area contributed by atoms with Gasteiger partial charge in [0.1, 0.15) is 0 Å². The van der Waals surface area contributed by atoms with Crippen LogP contribution < -0.4 is 5.73 Å². The molecule has 0 bridgehead atoms. The Bertz CT molecular complexity index is 266. The number of aromatic nitrogens is 1. The molecule has 3 N–H and O–H groups in total. The van der Waals surface area contributed by atoms with E-state index in [4.69, 9.17) is 5.73 Å². The zero-order valence-electron chi connectivity index (χ0n) is 7.42. The van der Waals surface area contributed by atoms with E-state index < -0.39 is 5.41 Å². The fourth-order valence-electron chi connectivity index (χ4n) is 1.19. The first kappa shape index (κ1) is 8.84. The molecule has 0 saturated carbocycles. The van der Waals surface area contributed by atoms with Gasteiger partial charge in [0, 0.05) is 12.4 Å². The number of rotatable bonds is 3. The third kappa shape index (κ3) is 1.22. The molecule has 0 aliphatic rings. The highest BCUT2D eigenvalue weighted by molar-refractivity contribution is 5.86. The van der Waals surface area contributed by atoms with Crippen LogP contribution in [-0.4, -0.2) is 10.9 Å². The zero-order valence-corrected chi connectivity index (χ0v) is 7.42. The fourth-order valence-corrected chi connectivity index (χ4v) is 1.19. The van der Waals surface area contributed by atoms with Gasteiger partial charge in [0.2, 0.25) is 5.91 Å². The molecular formula is C9H14N2O. The third-order valence-electron chi connectivity index (χ3n) is 2.49. The molecule has 3 heteroatoms. The van der Waals surface area contributed by atoms with Gasteiger partial charge >= 0.3 is 0 Å². The number of hydrogen-bond acceptors (Lipinski definition) is 1. The van der Waals surface area contributed by atoms with Crippen LogP contribution in [0, 0.1) is 0 Å². The average Bonchev–Trinajstić information content (AvgIpc) is 2.54. The molecule has 1 aromatic rings. The van der Waals surface area contributed by atoms with Crippen LogP contribution >= 0.6 is 0 Å². The Morgan fingerprint density at radius 3 is 2.75 bits per heavy atom. The SMILES string of the molecule is CCC(C)(C(N)=O)c1cc[nH]c1. The predicted octanol–water partition coefficient (Wildman–Crippen LogP) is 1.17. The summed E-state index contributed by atoms with van der Waals surface area (Å²) in [7, 11) is 0. The number of amides is 1. The van der Waals surface area contributed by atoms with Gasteiger partial charge in [-0.1, -0.05) is 6.92 Å². The first-order valence-electron chi connectivity index (χ1n) is 4.04. The molecule has 1 rings (SSSR count). The first-order chi connectivity index (χ1) is 5.61. The molecule has 1 unspecified atom stereocenters. The van der Waals surface area contributed by atoms with Gasteiger partial charge in [0.05, 0.1) is 5.41 Å². The maximum absolute atomic E-state index is 11.2. The second-order valence-corrected chi connectivity index (χ2v) is 3.15. The van der Waals surface area contributed by atoms with E-state index in [-0.39, 0.29) is 5.91 Å². The van der Waals surface area contributed by atoms with Crippen LogP contribution in [0.3, 0.4) is 0 Å². The van der Waals surface area contributed by atoms with Crippen molar-refractivity contribution in [3.8, 4) is 0 Å². The largest absolute Gasteiger partial charge is 0.369 e. The average molecular weight is 166 g/mol. The first-order valence-corrected chi connectivity index (χ1v) is 4.04. The van der Waals surface area contributed by atoms with Crippen molar-refractivity contribution in [1.82, 2.24) is 4.98 Å². The molecule has 0 saturated heterocycles. The minimum Gasteiger partial charge on any atom is -0.369 e. The predicted molar refractivity (Wildman–Crippen MR) is 47.6 cm³/mol. The van der Waals surface area contributed by atoms with E-state index >= 15 is 0 Å². The highest BCUT2D eigenvalue weighted by Gasteiger charge is 2.31. The summed E-state index contributed by atoms with van der Waals surface area (Å²) in [5.41, 5.74) is 5.75. The summed E-state index contributed by atoms with van der Waals surface area (Å²) in [6.07, 6.45) is 4.33. The topological polar surface area (TPSA) is 58.9 Å². The molecular weight excluding hydrogens is 152 g/mol. The Morgan fingerprint density at radius 2 is 2.42 bits per heavy atom. The standard InChI is InChI=1S/C9H14N2O/c1-3-9(2,8(10)12)7-4-5-11-6-7/h4-6,11H,3H2,1-2H3,(H2,10,12). The van der Waals surface area contributed by atoms with E-state index in [1.165, 1.54) is 0 Å². The number of nitrogens with two attached hydrogens (primary N) is 1. The van der Waals surface area contributed by atoms with Crippen molar-refractivity contribution in [2.45, 2.75) is 25.7 Å². The second-order valence-electron chi connectivity index (χ2n) is 3.15. The summed E-state index contributed by atoms with van der Waals surface area (Å²) in [5.74, 6) is -0.274. The van der Waals surface area contributed by atoms with E-state index in [9.17, 15) is 4.79 Å². The normalized spacial score (nSPS) is 15.5. The summed E-state index contributed by atoms with van der Waals surface area (Å²) in [4.78, 5) is 14.1. The van der Waals surface area contributed by atoms with Crippen molar-refractivity contribution in [2.24, 2.45) is 5.73 Å². The molecule has 0 radical (unpaired) electrons. The monoisotopic (exact) mass is 166 g/mol. The van der Waals surface area contributed by atoms with E-state index in [0.29, 0.717) is 0 Å². The Morgan fingerprint density at radius 1 is 1.75 bits per heavy atom. The third-order valence-corrected chi connectivity index (χ3v) is 2.49. The lowest BCUT2D eigenvalue weighted by Gasteiger charge is -2.22. The van der Waals surface area contributed by atoms with E-state index in [2.05, 4.69) is 4.98 Å². The lowest BCUT2D eigenvalue weighted by atomic mass is 9.81. The summed E-state index contributed by atoms with van der Waals surface area (Å²) in [6, 6.07) is 1.88. The fraction of sp³-hybridized carbons (Fsp3) is 0.444. The summed E-state index contributed by atoms with van der Waals surface area (Å²) in [6.45, 7) is 3.82. The van der Waals surface area contributed by atoms with Gasteiger partial charge in [-0.05, 0) is 25.0 Å². The highest BCUT2D eigenvalue weighted by Crippen LogP contribution is 2.26. The molecule has 12 heavy (non-hydrogen) atoms. The number of hydrogen-bond donors (Lipinski definition) is 2. The number of primary amides is 1. The van der Waals surface area contributed by atoms with Gasteiger partial charge in [-0.2, -0.15) is 0 Å². The molecule has 1 atom stereocenters. The van der Waals surface area contributed by atoms with Gasteiger partial charge in [0.25, 0.3) is 0 Å². The Balaban J connectivity index is 3.04. The molecule has 1 amide bonds. The van der Waals surface area contributed by atoms with E-state index in [1.807, 2.05) is 26.1 Å². The summed E-state index contributed by atoms with van der Waals surface area (Å²) in [5, 5.41) is 0. The van der Waals surface area contributed by atoms with Crippen molar-refractivity contribution in [1.29, 1.82) is 0 Å². The summed E-state index contributed by atoms with van der Waals surface area (Å²) < 4.78 is 0.